The maximum absolute atomic E-state index is 12.0. The number of carbonyl (C=O) groups is 1. The maximum atomic E-state index is 12.0. The van der Waals surface area contributed by atoms with Gasteiger partial charge in [0.05, 0.1) is 5.25 Å². The summed E-state index contributed by atoms with van der Waals surface area (Å²) in [5.74, 6) is 1.79. The molecule has 1 heterocycles. The van der Waals surface area contributed by atoms with Crippen molar-refractivity contribution in [1.29, 1.82) is 0 Å². The van der Waals surface area contributed by atoms with Crippen LogP contribution in [0.5, 0.6) is 0 Å². The van der Waals surface area contributed by atoms with Gasteiger partial charge < -0.3 is 9.88 Å². The number of amides is 1. The highest BCUT2D eigenvalue weighted by Crippen LogP contribution is 2.17. The molecule has 1 atom stereocenters. The van der Waals surface area contributed by atoms with Crippen molar-refractivity contribution >= 4 is 17.7 Å². The molecule has 1 aromatic heterocycles. The summed E-state index contributed by atoms with van der Waals surface area (Å²) >= 11 is 1.64. The molecule has 6 heteroatoms. The van der Waals surface area contributed by atoms with Gasteiger partial charge >= 0.3 is 0 Å². The number of aryl methyl sites for hydroxylation is 1. The second-order valence-corrected chi connectivity index (χ2v) is 6.17. The Bertz CT molecular complexity index is 570. The fourth-order valence-corrected chi connectivity index (χ4v) is 2.72. The van der Waals surface area contributed by atoms with Crippen molar-refractivity contribution in [3.05, 3.63) is 48.0 Å². The largest absolute Gasteiger partial charge is 0.355 e. The van der Waals surface area contributed by atoms with E-state index in [1.165, 1.54) is 5.56 Å². The molecule has 0 aliphatic rings. The fourth-order valence-electron chi connectivity index (χ4n) is 1.85. The van der Waals surface area contributed by atoms with E-state index >= 15 is 0 Å². The molecule has 1 aromatic carbocycles. The van der Waals surface area contributed by atoms with Crippen LogP contribution in [0.4, 0.5) is 0 Å². The SMILES string of the molecule is CC(SCc1ccccc1)C(=O)NCCc1nncn1C. The molecule has 2 aromatic rings. The highest BCUT2D eigenvalue weighted by Gasteiger charge is 2.13. The lowest BCUT2D eigenvalue weighted by molar-refractivity contribution is -0.120. The molecule has 0 radical (unpaired) electrons. The molecule has 0 bridgehead atoms. The summed E-state index contributed by atoms with van der Waals surface area (Å²) in [6.45, 7) is 2.52. The number of rotatable bonds is 7. The third kappa shape index (κ3) is 4.90. The van der Waals surface area contributed by atoms with Crippen molar-refractivity contribution < 1.29 is 4.79 Å². The van der Waals surface area contributed by atoms with Crippen LogP contribution in [0.3, 0.4) is 0 Å². The summed E-state index contributed by atoms with van der Waals surface area (Å²) in [6, 6.07) is 10.2. The summed E-state index contributed by atoms with van der Waals surface area (Å²) in [4.78, 5) is 12.0. The van der Waals surface area contributed by atoms with Gasteiger partial charge in [-0.1, -0.05) is 30.3 Å². The van der Waals surface area contributed by atoms with Crippen molar-refractivity contribution in [2.24, 2.45) is 7.05 Å². The zero-order valence-electron chi connectivity index (χ0n) is 12.3. The minimum Gasteiger partial charge on any atom is -0.355 e. The maximum Gasteiger partial charge on any atom is 0.232 e. The number of nitrogens with one attached hydrogen (secondary N) is 1. The third-order valence-electron chi connectivity index (χ3n) is 3.17. The predicted octanol–water partition coefficient (Wildman–Crippen LogP) is 1.80. The van der Waals surface area contributed by atoms with Crippen molar-refractivity contribution in [2.75, 3.05) is 6.54 Å². The smallest absolute Gasteiger partial charge is 0.232 e. The van der Waals surface area contributed by atoms with E-state index in [1.54, 1.807) is 18.1 Å². The minimum absolute atomic E-state index is 0.0651. The highest BCUT2D eigenvalue weighted by molar-refractivity contribution is 7.99. The zero-order chi connectivity index (χ0) is 15.1. The minimum atomic E-state index is -0.0651. The first-order chi connectivity index (χ1) is 10.2. The van der Waals surface area contributed by atoms with E-state index in [1.807, 2.05) is 36.7 Å². The molecule has 0 spiro atoms. The number of hydrogen-bond acceptors (Lipinski definition) is 4. The van der Waals surface area contributed by atoms with Crippen LogP contribution >= 0.6 is 11.8 Å². The van der Waals surface area contributed by atoms with Crippen LogP contribution in [0.15, 0.2) is 36.7 Å². The molecule has 21 heavy (non-hydrogen) atoms. The van der Waals surface area contributed by atoms with E-state index in [4.69, 9.17) is 0 Å². The zero-order valence-corrected chi connectivity index (χ0v) is 13.1. The number of carbonyl (C=O) groups excluding carboxylic acids is 1. The van der Waals surface area contributed by atoms with Crippen LogP contribution in [-0.4, -0.2) is 32.5 Å². The van der Waals surface area contributed by atoms with Crippen molar-refractivity contribution in [3.8, 4) is 0 Å². The van der Waals surface area contributed by atoms with Gasteiger partial charge in [-0.25, -0.2) is 0 Å². The van der Waals surface area contributed by atoms with Gasteiger partial charge in [0.1, 0.15) is 12.2 Å². The Balaban J connectivity index is 1.69. The normalized spacial score (nSPS) is 12.1. The van der Waals surface area contributed by atoms with Gasteiger partial charge in [-0.3, -0.25) is 4.79 Å². The van der Waals surface area contributed by atoms with Gasteiger partial charge in [0.25, 0.3) is 0 Å². The van der Waals surface area contributed by atoms with E-state index in [-0.39, 0.29) is 11.2 Å². The predicted molar refractivity (Wildman–Crippen MR) is 84.9 cm³/mol. The molecule has 5 nitrogen and oxygen atoms in total. The molecular weight excluding hydrogens is 284 g/mol. The lowest BCUT2D eigenvalue weighted by Crippen LogP contribution is -2.32. The van der Waals surface area contributed by atoms with Crippen LogP contribution < -0.4 is 5.32 Å². The first-order valence-electron chi connectivity index (χ1n) is 6.93. The Hall–Kier alpha value is -1.82. The number of aromatic nitrogens is 3. The molecule has 0 saturated heterocycles. The molecule has 0 saturated carbocycles. The van der Waals surface area contributed by atoms with Crippen molar-refractivity contribution in [2.45, 2.75) is 24.3 Å². The first-order valence-corrected chi connectivity index (χ1v) is 7.98. The molecule has 0 fully saturated rings. The van der Waals surface area contributed by atoms with E-state index in [2.05, 4.69) is 27.6 Å². The van der Waals surface area contributed by atoms with Crippen molar-refractivity contribution in [3.63, 3.8) is 0 Å². The van der Waals surface area contributed by atoms with Crippen LogP contribution in [0.2, 0.25) is 0 Å². The Kier molecular flexibility index (Phi) is 5.80. The molecule has 2 rings (SSSR count). The van der Waals surface area contributed by atoms with Crippen molar-refractivity contribution in [1.82, 2.24) is 20.1 Å². The quantitative estimate of drug-likeness (QED) is 0.847. The van der Waals surface area contributed by atoms with Gasteiger partial charge in [-0.15, -0.1) is 22.0 Å². The van der Waals surface area contributed by atoms with Gasteiger partial charge in [-0.05, 0) is 12.5 Å². The fraction of sp³-hybridized carbons (Fsp3) is 0.400. The molecule has 0 aliphatic heterocycles. The lowest BCUT2D eigenvalue weighted by atomic mass is 10.2. The first kappa shape index (κ1) is 15.6. The molecule has 1 N–H and O–H groups in total. The average molecular weight is 304 g/mol. The van der Waals surface area contributed by atoms with Crippen LogP contribution in [-0.2, 0) is 24.0 Å². The van der Waals surface area contributed by atoms with E-state index in [0.29, 0.717) is 13.0 Å². The summed E-state index contributed by atoms with van der Waals surface area (Å²) in [6.07, 6.45) is 2.35. The van der Waals surface area contributed by atoms with Gasteiger partial charge in [0.15, 0.2) is 0 Å². The average Bonchev–Trinajstić information content (AvgIpc) is 2.91. The summed E-state index contributed by atoms with van der Waals surface area (Å²) < 4.78 is 1.86. The van der Waals surface area contributed by atoms with E-state index < -0.39 is 0 Å². The molecule has 112 valence electrons. The van der Waals surface area contributed by atoms with Crippen LogP contribution in [0.25, 0.3) is 0 Å². The Morgan fingerprint density at radius 3 is 2.81 bits per heavy atom. The third-order valence-corrected chi connectivity index (χ3v) is 4.38. The molecule has 1 amide bonds. The van der Waals surface area contributed by atoms with E-state index in [9.17, 15) is 4.79 Å². The standard InChI is InChI=1S/C15H20N4OS/c1-12(21-10-13-6-4-3-5-7-13)15(20)16-9-8-14-18-17-11-19(14)2/h3-7,11-12H,8-10H2,1-2H3,(H,16,20). The van der Waals surface area contributed by atoms with Gasteiger partial charge in [-0.2, -0.15) is 0 Å². The number of benzene rings is 1. The molecular formula is C15H20N4OS. The molecule has 1 unspecified atom stereocenters. The van der Waals surface area contributed by atoms with Crippen LogP contribution in [0, 0.1) is 0 Å². The van der Waals surface area contributed by atoms with Gasteiger partial charge in [0, 0.05) is 25.8 Å². The number of nitrogens with zero attached hydrogens (tertiary/aromatic N) is 3. The van der Waals surface area contributed by atoms with Crippen LogP contribution in [0.1, 0.15) is 18.3 Å². The topological polar surface area (TPSA) is 59.8 Å². The number of thioether (sulfide) groups is 1. The monoisotopic (exact) mass is 304 g/mol. The van der Waals surface area contributed by atoms with Gasteiger partial charge in [0.2, 0.25) is 5.91 Å². The summed E-state index contributed by atoms with van der Waals surface area (Å²) in [5.41, 5.74) is 1.24. The highest BCUT2D eigenvalue weighted by atomic mass is 32.2. The second-order valence-electron chi connectivity index (χ2n) is 4.84. The summed E-state index contributed by atoms with van der Waals surface area (Å²) in [5, 5.41) is 10.7. The Labute approximate surface area is 129 Å². The second kappa shape index (κ2) is 7.83. The van der Waals surface area contributed by atoms with E-state index in [0.717, 1.165) is 11.6 Å². The summed E-state index contributed by atoms with van der Waals surface area (Å²) in [7, 11) is 1.90. The lowest BCUT2D eigenvalue weighted by Gasteiger charge is -2.11. The number of hydrogen-bond donors (Lipinski definition) is 1. The molecule has 0 aliphatic carbocycles. The Morgan fingerprint density at radius 2 is 2.14 bits per heavy atom. The Morgan fingerprint density at radius 1 is 1.38 bits per heavy atom.